The van der Waals surface area contributed by atoms with Gasteiger partial charge in [0.1, 0.15) is 5.52 Å². The molecular weight excluding hydrogens is 252 g/mol. The number of aliphatic carboxylic acids is 1. The first-order valence-electron chi connectivity index (χ1n) is 5.59. The maximum absolute atomic E-state index is 11.3. The number of amides is 1. The molecule has 1 atom stereocenters. The summed E-state index contributed by atoms with van der Waals surface area (Å²) >= 11 is 0. The predicted molar refractivity (Wildman–Crippen MR) is 64.4 cm³/mol. The number of fused-ring (bicyclic) bond motifs is 1. The fourth-order valence-corrected chi connectivity index (χ4v) is 1.59. The zero-order chi connectivity index (χ0) is 13.8. The number of aromatic nitrogens is 3. The minimum atomic E-state index is -1.37. The van der Waals surface area contributed by atoms with E-state index in [2.05, 4.69) is 20.4 Å². The van der Waals surface area contributed by atoms with Gasteiger partial charge in [0.15, 0.2) is 0 Å². The van der Waals surface area contributed by atoms with Crippen molar-refractivity contribution in [3.63, 3.8) is 0 Å². The molecule has 100 valence electrons. The molecular formula is C11H12N4O4. The number of hydrogen-bond acceptors (Lipinski definition) is 5. The SMILES string of the molecule is CCOC(=O)NC(C(=O)O)n1nnc2ccccc21. The van der Waals surface area contributed by atoms with E-state index in [0.717, 1.165) is 4.68 Å². The number of nitrogens with zero attached hydrogens (tertiary/aromatic N) is 3. The Labute approximate surface area is 108 Å². The molecule has 2 N–H and O–H groups in total. The molecule has 8 nitrogen and oxygen atoms in total. The van der Waals surface area contributed by atoms with E-state index in [9.17, 15) is 9.59 Å². The first-order valence-corrected chi connectivity index (χ1v) is 5.59. The summed E-state index contributed by atoms with van der Waals surface area (Å²) in [7, 11) is 0. The molecule has 0 aliphatic carbocycles. The van der Waals surface area contributed by atoms with Crippen LogP contribution in [0.5, 0.6) is 0 Å². The van der Waals surface area contributed by atoms with E-state index in [4.69, 9.17) is 5.11 Å². The zero-order valence-corrected chi connectivity index (χ0v) is 10.1. The van der Waals surface area contributed by atoms with Crippen LogP contribution >= 0.6 is 0 Å². The smallest absolute Gasteiger partial charge is 0.409 e. The summed E-state index contributed by atoms with van der Waals surface area (Å²) in [5, 5.41) is 19.0. The molecule has 1 unspecified atom stereocenters. The van der Waals surface area contributed by atoms with Crippen molar-refractivity contribution in [2.24, 2.45) is 0 Å². The largest absolute Gasteiger partial charge is 0.478 e. The highest BCUT2D eigenvalue weighted by atomic mass is 16.5. The third-order valence-electron chi connectivity index (χ3n) is 2.39. The van der Waals surface area contributed by atoms with Gasteiger partial charge in [-0.05, 0) is 19.1 Å². The Bertz CT molecular complexity index is 610. The van der Waals surface area contributed by atoms with Crippen LogP contribution in [0.4, 0.5) is 4.79 Å². The lowest BCUT2D eigenvalue weighted by atomic mass is 10.3. The maximum Gasteiger partial charge on any atom is 0.409 e. The molecule has 1 heterocycles. The normalized spacial score (nSPS) is 12.1. The van der Waals surface area contributed by atoms with E-state index in [0.29, 0.717) is 11.0 Å². The molecule has 2 rings (SSSR count). The number of hydrogen-bond donors (Lipinski definition) is 2. The first-order chi connectivity index (χ1) is 9.13. The minimum Gasteiger partial charge on any atom is -0.478 e. The van der Waals surface area contributed by atoms with Gasteiger partial charge in [-0.15, -0.1) is 5.10 Å². The van der Waals surface area contributed by atoms with Crippen molar-refractivity contribution in [2.75, 3.05) is 6.61 Å². The highest BCUT2D eigenvalue weighted by Gasteiger charge is 2.25. The molecule has 0 aliphatic heterocycles. The third kappa shape index (κ3) is 2.62. The van der Waals surface area contributed by atoms with E-state index in [1.54, 1.807) is 31.2 Å². The maximum atomic E-state index is 11.3. The summed E-state index contributed by atoms with van der Waals surface area (Å²) in [4.78, 5) is 22.6. The Morgan fingerprint density at radius 2 is 2.21 bits per heavy atom. The molecule has 8 heteroatoms. The molecule has 1 amide bonds. The highest BCUT2D eigenvalue weighted by molar-refractivity contribution is 5.81. The quantitative estimate of drug-likeness (QED) is 0.844. The molecule has 0 radical (unpaired) electrons. The number of carboxylic acid groups (broad SMARTS) is 1. The van der Waals surface area contributed by atoms with E-state index < -0.39 is 18.2 Å². The fraction of sp³-hybridized carbons (Fsp3) is 0.273. The highest BCUT2D eigenvalue weighted by Crippen LogP contribution is 2.14. The summed E-state index contributed by atoms with van der Waals surface area (Å²) in [6.07, 6.45) is -2.19. The van der Waals surface area contributed by atoms with Gasteiger partial charge in [0, 0.05) is 0 Å². The first kappa shape index (κ1) is 12.8. The van der Waals surface area contributed by atoms with E-state index in [1.165, 1.54) is 0 Å². The molecule has 0 fully saturated rings. The molecule has 0 bridgehead atoms. The van der Waals surface area contributed by atoms with Gasteiger partial charge in [-0.2, -0.15) is 0 Å². The van der Waals surface area contributed by atoms with Gasteiger partial charge in [-0.1, -0.05) is 17.3 Å². The number of para-hydroxylation sites is 1. The van der Waals surface area contributed by atoms with Gasteiger partial charge >= 0.3 is 12.1 Å². The molecule has 0 spiro atoms. The van der Waals surface area contributed by atoms with Crippen molar-refractivity contribution < 1.29 is 19.4 Å². The lowest BCUT2D eigenvalue weighted by Crippen LogP contribution is -2.38. The Morgan fingerprint density at radius 3 is 2.89 bits per heavy atom. The Balaban J connectivity index is 2.34. The van der Waals surface area contributed by atoms with Gasteiger partial charge < -0.3 is 9.84 Å². The Hall–Kier alpha value is -2.64. The van der Waals surface area contributed by atoms with E-state index in [1.807, 2.05) is 0 Å². The predicted octanol–water partition coefficient (Wildman–Crippen LogP) is 0.761. The van der Waals surface area contributed by atoms with Crippen LogP contribution in [0.25, 0.3) is 11.0 Å². The topological polar surface area (TPSA) is 106 Å². The number of carbonyl (C=O) groups is 2. The van der Waals surface area contributed by atoms with Crippen molar-refractivity contribution in [3.05, 3.63) is 24.3 Å². The number of nitrogens with one attached hydrogen (secondary N) is 1. The van der Waals surface area contributed by atoms with Crippen molar-refractivity contribution >= 4 is 23.1 Å². The Morgan fingerprint density at radius 1 is 1.47 bits per heavy atom. The number of ether oxygens (including phenoxy) is 1. The molecule has 0 saturated heterocycles. The fourth-order valence-electron chi connectivity index (χ4n) is 1.59. The van der Waals surface area contributed by atoms with Gasteiger partial charge in [0.05, 0.1) is 12.1 Å². The van der Waals surface area contributed by atoms with Crippen LogP contribution < -0.4 is 5.32 Å². The van der Waals surface area contributed by atoms with Gasteiger partial charge in [0.25, 0.3) is 0 Å². The van der Waals surface area contributed by atoms with Crippen molar-refractivity contribution in [2.45, 2.75) is 13.1 Å². The summed E-state index contributed by atoms with van der Waals surface area (Å²) in [6.45, 7) is 1.77. The number of rotatable bonds is 4. The Kier molecular flexibility index (Phi) is 3.60. The zero-order valence-electron chi connectivity index (χ0n) is 10.1. The van der Waals surface area contributed by atoms with Crippen LogP contribution in [0.3, 0.4) is 0 Å². The van der Waals surface area contributed by atoms with Crippen molar-refractivity contribution in [3.8, 4) is 0 Å². The average molecular weight is 264 g/mol. The second-order valence-corrected chi connectivity index (χ2v) is 3.63. The van der Waals surface area contributed by atoms with Crippen LogP contribution in [0.15, 0.2) is 24.3 Å². The standard InChI is InChI=1S/C11H12N4O4/c1-2-19-11(18)12-9(10(16)17)15-8-6-4-3-5-7(8)13-14-15/h3-6,9H,2H2,1H3,(H,12,18)(H,16,17). The summed E-state index contributed by atoms with van der Waals surface area (Å²) < 4.78 is 5.78. The summed E-state index contributed by atoms with van der Waals surface area (Å²) in [5.74, 6) is -1.26. The number of carbonyl (C=O) groups excluding carboxylic acids is 1. The monoisotopic (exact) mass is 264 g/mol. The number of benzene rings is 1. The third-order valence-corrected chi connectivity index (χ3v) is 2.39. The van der Waals surface area contributed by atoms with E-state index >= 15 is 0 Å². The van der Waals surface area contributed by atoms with Gasteiger partial charge in [-0.25, -0.2) is 14.3 Å². The summed E-state index contributed by atoms with van der Waals surface area (Å²) in [5.41, 5.74) is 1.05. The van der Waals surface area contributed by atoms with Gasteiger partial charge in [-0.3, -0.25) is 5.32 Å². The molecule has 2 aromatic rings. The molecule has 19 heavy (non-hydrogen) atoms. The second-order valence-electron chi connectivity index (χ2n) is 3.63. The van der Waals surface area contributed by atoms with Gasteiger partial charge in [0.2, 0.25) is 6.17 Å². The van der Waals surface area contributed by atoms with Crippen LogP contribution in [0.1, 0.15) is 13.1 Å². The van der Waals surface area contributed by atoms with Crippen LogP contribution in [0.2, 0.25) is 0 Å². The lowest BCUT2D eigenvalue weighted by Gasteiger charge is -2.14. The van der Waals surface area contributed by atoms with Crippen molar-refractivity contribution in [1.29, 1.82) is 0 Å². The number of carboxylic acids is 1. The van der Waals surface area contributed by atoms with E-state index in [-0.39, 0.29) is 6.61 Å². The minimum absolute atomic E-state index is 0.149. The van der Waals surface area contributed by atoms with Crippen LogP contribution in [-0.2, 0) is 9.53 Å². The number of alkyl carbamates (subject to hydrolysis) is 1. The van der Waals surface area contributed by atoms with Crippen molar-refractivity contribution in [1.82, 2.24) is 20.3 Å². The lowest BCUT2D eigenvalue weighted by molar-refractivity contribution is -0.142. The molecule has 1 aromatic carbocycles. The molecule has 1 aromatic heterocycles. The van der Waals surface area contributed by atoms with Crippen LogP contribution in [0, 0.1) is 0 Å². The molecule has 0 aliphatic rings. The molecule has 0 saturated carbocycles. The summed E-state index contributed by atoms with van der Waals surface area (Å²) in [6, 6.07) is 6.85. The average Bonchev–Trinajstić information content (AvgIpc) is 2.79. The second kappa shape index (κ2) is 5.34. The van der Waals surface area contributed by atoms with Crippen LogP contribution in [-0.4, -0.2) is 38.8 Å².